The Kier molecular flexibility index (Phi) is 8.97. The maximum atomic E-state index is 14.6. The van der Waals surface area contributed by atoms with Gasteiger partial charge in [-0.25, -0.2) is 14.2 Å². The number of hydrogen-bond acceptors (Lipinski definition) is 10. The second kappa shape index (κ2) is 12.6. The third-order valence-corrected chi connectivity index (χ3v) is 6.12. The highest BCUT2D eigenvalue weighted by Gasteiger charge is 2.28. The van der Waals surface area contributed by atoms with Crippen molar-refractivity contribution < 1.29 is 28.3 Å². The molecule has 1 aromatic heterocycles. The maximum absolute atomic E-state index is 14.6. The Balaban J connectivity index is 1.60. The summed E-state index contributed by atoms with van der Waals surface area (Å²) in [7, 11) is 1.44. The Hall–Kier alpha value is -4.49. The first-order chi connectivity index (χ1) is 19.2. The fourth-order valence-corrected chi connectivity index (χ4v) is 4.18. The molecule has 1 aliphatic rings. The molecule has 4 rings (SSSR count). The number of benzene rings is 2. The second-order valence-corrected chi connectivity index (χ2v) is 8.84. The Morgan fingerprint density at radius 2 is 1.95 bits per heavy atom. The van der Waals surface area contributed by atoms with Crippen LogP contribution >= 0.6 is 11.6 Å². The smallest absolute Gasteiger partial charge is 0.433 e. The van der Waals surface area contributed by atoms with Crippen LogP contribution < -0.4 is 20.9 Å². The molecule has 210 valence electrons. The van der Waals surface area contributed by atoms with Gasteiger partial charge in [-0.3, -0.25) is 9.59 Å². The molecule has 12 nitrogen and oxygen atoms in total. The molecule has 2 aromatic carbocycles. The number of anilines is 5. The van der Waals surface area contributed by atoms with Gasteiger partial charge in [-0.15, -0.1) is 5.06 Å². The summed E-state index contributed by atoms with van der Waals surface area (Å²) in [6, 6.07) is 9.37. The molecule has 2 heterocycles. The van der Waals surface area contributed by atoms with E-state index in [-0.39, 0.29) is 53.6 Å². The van der Waals surface area contributed by atoms with Crippen LogP contribution in [0.4, 0.5) is 38.0 Å². The lowest BCUT2D eigenvalue weighted by atomic mass is 10.1. The zero-order chi connectivity index (χ0) is 28.8. The van der Waals surface area contributed by atoms with E-state index in [1.807, 2.05) is 6.92 Å². The predicted octanol–water partition coefficient (Wildman–Crippen LogP) is 4.37. The standard InChI is InChI=1S/C26H27ClFN7O5/c1-4-35-20-11-16(10-9-15(20)13-34(14-21(35)36)40-26(38)39-5-2)31-25-30-12-18(27)23(33-25)32-22-17(24(37)29-3)7-6-8-19(22)28/h6-12H,4-5,13-14H2,1-3H3,(H,29,37)(H2,30,31,32,33). The molecule has 1 aliphatic heterocycles. The second-order valence-electron chi connectivity index (χ2n) is 8.44. The van der Waals surface area contributed by atoms with E-state index in [2.05, 4.69) is 25.9 Å². The molecule has 0 atom stereocenters. The number of aromatic nitrogens is 2. The summed E-state index contributed by atoms with van der Waals surface area (Å²) in [4.78, 5) is 52.3. The zero-order valence-corrected chi connectivity index (χ0v) is 22.7. The molecule has 0 spiro atoms. The zero-order valence-electron chi connectivity index (χ0n) is 22.0. The van der Waals surface area contributed by atoms with Crippen LogP contribution in [0.1, 0.15) is 29.8 Å². The fraction of sp³-hybridized carbons (Fsp3) is 0.269. The van der Waals surface area contributed by atoms with Gasteiger partial charge in [0.05, 0.1) is 36.3 Å². The van der Waals surface area contributed by atoms with E-state index >= 15 is 0 Å². The van der Waals surface area contributed by atoms with Gasteiger partial charge in [0.2, 0.25) is 11.9 Å². The van der Waals surface area contributed by atoms with Crippen molar-refractivity contribution in [2.24, 2.45) is 0 Å². The van der Waals surface area contributed by atoms with Crippen LogP contribution in [0.5, 0.6) is 0 Å². The number of carbonyl (C=O) groups excluding carboxylic acids is 3. The Bertz CT molecular complexity index is 1440. The Morgan fingerprint density at radius 3 is 2.67 bits per heavy atom. The normalized spacial score (nSPS) is 13.2. The SMILES string of the molecule is CCOC(=O)ON1CC(=O)N(CC)c2cc(Nc3ncc(Cl)c(Nc4c(F)cccc4C(=O)NC)n3)ccc2C1. The molecular weight excluding hydrogens is 545 g/mol. The lowest BCUT2D eigenvalue weighted by Gasteiger charge is -2.21. The number of nitrogens with zero attached hydrogens (tertiary/aromatic N) is 4. The molecule has 0 aliphatic carbocycles. The number of fused-ring (bicyclic) bond motifs is 1. The lowest BCUT2D eigenvalue weighted by molar-refractivity contribution is -0.148. The largest absolute Gasteiger partial charge is 0.527 e. The van der Waals surface area contributed by atoms with Gasteiger partial charge < -0.3 is 30.4 Å². The number of hydrogen-bond donors (Lipinski definition) is 3. The van der Waals surface area contributed by atoms with Gasteiger partial charge in [0, 0.05) is 19.3 Å². The number of para-hydroxylation sites is 1. The Labute approximate surface area is 234 Å². The summed E-state index contributed by atoms with van der Waals surface area (Å²) in [6.45, 7) is 4.03. The number of likely N-dealkylation sites (N-methyl/N-ethyl adjacent to an activating group) is 1. The molecule has 0 fully saturated rings. The highest BCUT2D eigenvalue weighted by molar-refractivity contribution is 6.33. The van der Waals surface area contributed by atoms with Crippen molar-refractivity contribution in [1.29, 1.82) is 0 Å². The highest BCUT2D eigenvalue weighted by atomic mass is 35.5. The summed E-state index contributed by atoms with van der Waals surface area (Å²) < 4.78 is 19.5. The van der Waals surface area contributed by atoms with Crippen molar-refractivity contribution in [3.8, 4) is 0 Å². The Morgan fingerprint density at radius 1 is 1.15 bits per heavy atom. The molecule has 2 amide bonds. The van der Waals surface area contributed by atoms with Crippen molar-refractivity contribution >= 4 is 58.4 Å². The monoisotopic (exact) mass is 571 g/mol. The molecule has 3 N–H and O–H groups in total. The van der Waals surface area contributed by atoms with Gasteiger partial charge in [-0.05, 0) is 43.7 Å². The minimum absolute atomic E-state index is 0.0706. The van der Waals surface area contributed by atoms with E-state index < -0.39 is 17.9 Å². The maximum Gasteiger partial charge on any atom is 0.527 e. The van der Waals surface area contributed by atoms with Crippen molar-refractivity contribution in [3.05, 3.63) is 64.6 Å². The van der Waals surface area contributed by atoms with E-state index in [4.69, 9.17) is 21.2 Å². The van der Waals surface area contributed by atoms with Crippen LogP contribution in [0.2, 0.25) is 5.02 Å². The third kappa shape index (κ3) is 6.38. The first kappa shape index (κ1) is 28.5. The van der Waals surface area contributed by atoms with Crippen molar-refractivity contribution in [3.63, 3.8) is 0 Å². The fourth-order valence-electron chi connectivity index (χ4n) is 4.04. The van der Waals surface area contributed by atoms with Gasteiger partial charge in [-0.2, -0.15) is 4.98 Å². The summed E-state index contributed by atoms with van der Waals surface area (Å²) in [5, 5.41) is 9.67. The van der Waals surface area contributed by atoms with Crippen LogP contribution in [-0.2, 0) is 20.9 Å². The van der Waals surface area contributed by atoms with Crippen molar-refractivity contribution in [2.45, 2.75) is 20.4 Å². The van der Waals surface area contributed by atoms with Crippen molar-refractivity contribution in [1.82, 2.24) is 20.3 Å². The van der Waals surface area contributed by atoms with Crippen LogP contribution in [0.15, 0.2) is 42.6 Å². The van der Waals surface area contributed by atoms with Crippen LogP contribution in [0.3, 0.4) is 0 Å². The van der Waals surface area contributed by atoms with E-state index in [1.54, 1.807) is 30.0 Å². The van der Waals surface area contributed by atoms with Crippen molar-refractivity contribution in [2.75, 3.05) is 42.3 Å². The summed E-state index contributed by atoms with van der Waals surface area (Å²) in [6.07, 6.45) is 0.442. The predicted molar refractivity (Wildman–Crippen MR) is 146 cm³/mol. The van der Waals surface area contributed by atoms with E-state index in [0.717, 1.165) is 5.56 Å². The molecule has 0 saturated carbocycles. The van der Waals surface area contributed by atoms with Gasteiger partial charge in [0.25, 0.3) is 5.91 Å². The first-order valence-electron chi connectivity index (χ1n) is 12.3. The van der Waals surface area contributed by atoms with Gasteiger partial charge in [0.1, 0.15) is 17.4 Å². The van der Waals surface area contributed by atoms with E-state index in [9.17, 15) is 18.8 Å². The van der Waals surface area contributed by atoms with Gasteiger partial charge in [-0.1, -0.05) is 23.7 Å². The molecule has 0 radical (unpaired) electrons. The highest BCUT2D eigenvalue weighted by Crippen LogP contribution is 2.32. The summed E-state index contributed by atoms with van der Waals surface area (Å²) >= 11 is 6.27. The van der Waals surface area contributed by atoms with Crippen LogP contribution in [-0.4, -0.2) is 59.7 Å². The topological polar surface area (TPSA) is 138 Å². The first-order valence-corrected chi connectivity index (χ1v) is 12.7. The number of carbonyl (C=O) groups is 3. The average molecular weight is 572 g/mol. The minimum atomic E-state index is -0.887. The number of amides is 2. The van der Waals surface area contributed by atoms with Gasteiger partial charge in [0.15, 0.2) is 5.82 Å². The molecule has 0 unspecified atom stereocenters. The molecular formula is C26H27ClFN7O5. The number of ether oxygens (including phenoxy) is 1. The minimum Gasteiger partial charge on any atom is -0.433 e. The molecule has 14 heteroatoms. The van der Waals surface area contributed by atoms with E-state index in [0.29, 0.717) is 17.9 Å². The third-order valence-electron chi connectivity index (χ3n) is 5.85. The number of hydroxylamine groups is 2. The quantitative estimate of drug-likeness (QED) is 0.334. The summed E-state index contributed by atoms with van der Waals surface area (Å²) in [5.74, 6) is -1.23. The number of rotatable bonds is 8. The van der Waals surface area contributed by atoms with Crippen LogP contribution in [0, 0.1) is 5.82 Å². The molecule has 40 heavy (non-hydrogen) atoms. The number of halogens is 2. The molecule has 0 bridgehead atoms. The molecule has 3 aromatic rings. The average Bonchev–Trinajstić information content (AvgIpc) is 3.05. The number of nitrogens with one attached hydrogen (secondary N) is 3. The van der Waals surface area contributed by atoms with Gasteiger partial charge >= 0.3 is 6.16 Å². The van der Waals surface area contributed by atoms with E-state index in [1.165, 1.54) is 36.5 Å². The lowest BCUT2D eigenvalue weighted by Crippen LogP contribution is -2.38. The summed E-state index contributed by atoms with van der Waals surface area (Å²) in [5.41, 5.74) is 1.88. The molecule has 0 saturated heterocycles. The van der Waals surface area contributed by atoms with Crippen LogP contribution in [0.25, 0.3) is 0 Å².